The van der Waals surface area contributed by atoms with Crippen molar-refractivity contribution in [2.45, 2.75) is 156 Å². The molecule has 0 saturated heterocycles. The van der Waals surface area contributed by atoms with Gasteiger partial charge in [0.25, 0.3) is 5.88 Å². The summed E-state index contributed by atoms with van der Waals surface area (Å²) in [5.41, 5.74) is 1.60. The van der Waals surface area contributed by atoms with Crippen LogP contribution in [0.15, 0.2) is 6.08 Å². The van der Waals surface area contributed by atoms with Gasteiger partial charge in [0.05, 0.1) is 31.9 Å². The molecule has 0 bridgehead atoms. The fourth-order valence-electron chi connectivity index (χ4n) is 5.60. The SMILES string of the molecule is CCCCCCOc1nsnc1C1=CCC[N+](C)(C(CCC)OC(=O)CCCCCCCCCCC(=O)OC(C)(C)C)C1. The van der Waals surface area contributed by atoms with Gasteiger partial charge in [0.1, 0.15) is 17.8 Å². The standard InChI is InChI=1S/C34H60N3O5S/c1-7-9-10-19-26-40-33-32(35-43-36-33)28-22-20-25-37(6,27-28)29(21-8-2)41-30(38)23-17-15-13-11-12-14-16-18-24-31(39)42-34(3,4)5/h22,29H,7-21,23-27H2,1-6H3/q+1. The van der Waals surface area contributed by atoms with Crippen LogP contribution in [0.3, 0.4) is 0 Å². The van der Waals surface area contributed by atoms with Gasteiger partial charge in [-0.3, -0.25) is 14.1 Å². The summed E-state index contributed by atoms with van der Waals surface area (Å²) < 4.78 is 27.2. The fourth-order valence-corrected chi connectivity index (χ4v) is 6.13. The Bertz CT molecular complexity index is 973. The molecule has 1 aliphatic heterocycles. The molecule has 0 fully saturated rings. The zero-order chi connectivity index (χ0) is 31.6. The molecule has 2 unspecified atom stereocenters. The summed E-state index contributed by atoms with van der Waals surface area (Å²) >= 11 is 1.20. The largest absolute Gasteiger partial charge is 0.475 e. The quantitative estimate of drug-likeness (QED) is 0.0726. The predicted molar refractivity (Wildman–Crippen MR) is 175 cm³/mol. The second-order valence-corrected chi connectivity index (χ2v) is 13.9. The number of hydrogen-bond acceptors (Lipinski definition) is 8. The van der Waals surface area contributed by atoms with Crippen molar-refractivity contribution < 1.29 is 28.3 Å². The van der Waals surface area contributed by atoms with Crippen molar-refractivity contribution in [3.05, 3.63) is 11.8 Å². The van der Waals surface area contributed by atoms with Crippen molar-refractivity contribution in [1.29, 1.82) is 0 Å². The van der Waals surface area contributed by atoms with Crippen LogP contribution in [0.25, 0.3) is 5.57 Å². The molecule has 246 valence electrons. The van der Waals surface area contributed by atoms with E-state index in [1.165, 1.54) is 43.8 Å². The highest BCUT2D eigenvalue weighted by atomic mass is 32.1. The lowest BCUT2D eigenvalue weighted by Gasteiger charge is -2.42. The Morgan fingerprint density at radius 1 is 0.884 bits per heavy atom. The molecule has 2 heterocycles. The number of carbonyl (C=O) groups is 2. The second-order valence-electron chi connectivity index (χ2n) is 13.4. The highest BCUT2D eigenvalue weighted by Crippen LogP contribution is 2.33. The molecule has 43 heavy (non-hydrogen) atoms. The normalized spacial score (nSPS) is 17.8. The van der Waals surface area contributed by atoms with Gasteiger partial charge in [0.2, 0.25) is 6.23 Å². The minimum absolute atomic E-state index is 0.0810. The number of hydrogen-bond donors (Lipinski definition) is 0. The zero-order valence-electron chi connectivity index (χ0n) is 28.1. The smallest absolute Gasteiger partial charge is 0.310 e. The lowest BCUT2D eigenvalue weighted by molar-refractivity contribution is -0.947. The van der Waals surface area contributed by atoms with Crippen LogP contribution in [0.2, 0.25) is 0 Å². The topological polar surface area (TPSA) is 87.6 Å². The number of likely N-dealkylation sites (N-methyl/N-ethyl adjacent to an activating group) is 1. The Hall–Kier alpha value is -2.00. The van der Waals surface area contributed by atoms with Crippen molar-refractivity contribution in [1.82, 2.24) is 8.75 Å². The van der Waals surface area contributed by atoms with E-state index in [0.717, 1.165) is 88.6 Å². The Morgan fingerprint density at radius 2 is 1.51 bits per heavy atom. The number of aromatic nitrogens is 2. The number of unbranched alkanes of at least 4 members (excludes halogenated alkanes) is 10. The third-order valence-corrected chi connectivity index (χ3v) is 8.50. The summed E-state index contributed by atoms with van der Waals surface area (Å²) in [6, 6.07) is 0. The Morgan fingerprint density at radius 3 is 2.14 bits per heavy atom. The van der Waals surface area contributed by atoms with Gasteiger partial charge < -0.3 is 14.2 Å². The lowest BCUT2D eigenvalue weighted by Crippen LogP contribution is -2.56. The number of rotatable bonds is 22. The predicted octanol–water partition coefficient (Wildman–Crippen LogP) is 8.64. The van der Waals surface area contributed by atoms with E-state index in [4.69, 9.17) is 14.2 Å². The molecule has 2 atom stereocenters. The van der Waals surface area contributed by atoms with Crippen LogP contribution >= 0.6 is 11.7 Å². The molecule has 0 N–H and O–H groups in total. The molecule has 1 aliphatic rings. The summed E-state index contributed by atoms with van der Waals surface area (Å²) in [6.45, 7) is 12.4. The first kappa shape index (κ1) is 37.2. The van der Waals surface area contributed by atoms with E-state index in [2.05, 4.69) is 35.7 Å². The molecule has 2 rings (SSSR count). The van der Waals surface area contributed by atoms with Gasteiger partial charge in [0.15, 0.2) is 0 Å². The molecule has 9 heteroatoms. The van der Waals surface area contributed by atoms with Gasteiger partial charge in [-0.2, -0.15) is 4.37 Å². The second kappa shape index (κ2) is 20.1. The summed E-state index contributed by atoms with van der Waals surface area (Å²) in [6.07, 6.45) is 18.9. The van der Waals surface area contributed by atoms with Gasteiger partial charge in [0, 0.05) is 31.3 Å². The van der Waals surface area contributed by atoms with Crippen LogP contribution in [0.5, 0.6) is 5.88 Å². The average molecular weight is 623 g/mol. The van der Waals surface area contributed by atoms with E-state index in [1.807, 2.05) is 20.8 Å². The number of ether oxygens (including phenoxy) is 3. The van der Waals surface area contributed by atoms with Crippen LogP contribution in [0.1, 0.15) is 149 Å². The van der Waals surface area contributed by atoms with E-state index >= 15 is 0 Å². The number of quaternary nitrogens is 1. The number of nitrogens with zero attached hydrogens (tertiary/aromatic N) is 3. The monoisotopic (exact) mass is 622 g/mol. The molecule has 1 aromatic heterocycles. The van der Waals surface area contributed by atoms with E-state index < -0.39 is 5.60 Å². The molecule has 0 aliphatic carbocycles. The first-order valence-electron chi connectivity index (χ1n) is 17.0. The molecule has 0 amide bonds. The van der Waals surface area contributed by atoms with Crippen LogP contribution in [0, 0.1) is 0 Å². The third-order valence-electron chi connectivity index (χ3n) is 7.99. The molecule has 0 aromatic carbocycles. The van der Waals surface area contributed by atoms with Crippen LogP contribution in [-0.2, 0) is 19.1 Å². The van der Waals surface area contributed by atoms with Crippen LogP contribution in [-0.4, -0.2) is 63.7 Å². The molecule has 8 nitrogen and oxygen atoms in total. The summed E-state index contributed by atoms with van der Waals surface area (Å²) in [5, 5.41) is 0. The van der Waals surface area contributed by atoms with E-state index in [1.54, 1.807) is 0 Å². The van der Waals surface area contributed by atoms with Gasteiger partial charge in [-0.1, -0.05) is 77.7 Å². The van der Waals surface area contributed by atoms with Crippen molar-refractivity contribution >= 4 is 29.2 Å². The van der Waals surface area contributed by atoms with Crippen molar-refractivity contribution in [3.8, 4) is 5.88 Å². The molecule has 0 saturated carbocycles. The highest BCUT2D eigenvalue weighted by molar-refractivity contribution is 6.99. The molecule has 1 aromatic rings. The van der Waals surface area contributed by atoms with Crippen LogP contribution in [0.4, 0.5) is 0 Å². The van der Waals surface area contributed by atoms with Gasteiger partial charge in [-0.15, -0.1) is 4.37 Å². The van der Waals surface area contributed by atoms with Gasteiger partial charge in [-0.05, 0) is 46.5 Å². The van der Waals surface area contributed by atoms with E-state index in [-0.39, 0.29) is 18.2 Å². The zero-order valence-corrected chi connectivity index (χ0v) is 28.9. The first-order valence-corrected chi connectivity index (χ1v) is 17.7. The molecular formula is C34H60N3O5S+. The Balaban J connectivity index is 1.70. The Labute approximate surface area is 265 Å². The number of carbonyl (C=O) groups excluding carboxylic acids is 2. The van der Waals surface area contributed by atoms with E-state index in [0.29, 0.717) is 29.8 Å². The van der Waals surface area contributed by atoms with Crippen molar-refractivity contribution in [2.75, 3.05) is 26.7 Å². The van der Waals surface area contributed by atoms with Gasteiger partial charge in [-0.25, -0.2) is 0 Å². The maximum atomic E-state index is 12.9. The van der Waals surface area contributed by atoms with Crippen molar-refractivity contribution in [3.63, 3.8) is 0 Å². The molecular weight excluding hydrogens is 562 g/mol. The Kier molecular flexibility index (Phi) is 17.4. The minimum atomic E-state index is -0.402. The molecule has 0 spiro atoms. The highest BCUT2D eigenvalue weighted by Gasteiger charge is 2.38. The summed E-state index contributed by atoms with van der Waals surface area (Å²) in [5.74, 6) is 0.464. The third kappa shape index (κ3) is 15.0. The van der Waals surface area contributed by atoms with Gasteiger partial charge >= 0.3 is 11.9 Å². The maximum absolute atomic E-state index is 12.9. The van der Waals surface area contributed by atoms with Crippen molar-refractivity contribution in [2.24, 2.45) is 0 Å². The fraction of sp³-hybridized carbons (Fsp3) is 0.824. The summed E-state index contributed by atoms with van der Waals surface area (Å²) in [4.78, 5) is 24.7. The average Bonchev–Trinajstić information content (AvgIpc) is 3.41. The van der Waals surface area contributed by atoms with Crippen LogP contribution < -0.4 is 4.74 Å². The maximum Gasteiger partial charge on any atom is 0.310 e. The molecule has 0 radical (unpaired) electrons. The minimum Gasteiger partial charge on any atom is -0.475 e. The lowest BCUT2D eigenvalue weighted by atomic mass is 10.0. The van der Waals surface area contributed by atoms with E-state index in [9.17, 15) is 9.59 Å². The number of esters is 2. The summed E-state index contributed by atoms with van der Waals surface area (Å²) in [7, 11) is 2.21. The first-order chi connectivity index (χ1) is 20.6.